The minimum atomic E-state index is -5.09. The highest BCUT2D eigenvalue weighted by Gasteiger charge is 2.37. The molecule has 0 saturated heterocycles. The molecule has 0 unspecified atom stereocenters. The molecule has 0 atom stereocenters. The standard InChI is InChI=1S/C19H14F9N7/c1-34-32-16(31-33-34)35(9-11-4-14(19(26,27)28)7-30-15(11)6-29)8-10-2-12(17(20,21)22)5-13(3-10)18(23,24)25/h2-5,7,33H,8-9H2,1H3,(H,31,32). The lowest BCUT2D eigenvalue weighted by molar-refractivity contribution is -0.143. The van der Waals surface area contributed by atoms with Crippen molar-refractivity contribution in [2.45, 2.75) is 31.6 Å². The Morgan fingerprint density at radius 3 is 1.91 bits per heavy atom. The van der Waals surface area contributed by atoms with Crippen LogP contribution in [-0.2, 0) is 31.6 Å². The number of guanidine groups is 1. The maximum atomic E-state index is 13.2. The molecule has 0 saturated carbocycles. The third kappa shape index (κ3) is 6.23. The fourth-order valence-electron chi connectivity index (χ4n) is 3.09. The van der Waals surface area contributed by atoms with E-state index in [4.69, 9.17) is 0 Å². The van der Waals surface area contributed by atoms with Gasteiger partial charge in [0.25, 0.3) is 0 Å². The van der Waals surface area contributed by atoms with Crippen molar-refractivity contribution in [2.75, 3.05) is 7.05 Å². The summed E-state index contributed by atoms with van der Waals surface area (Å²) in [6.07, 6.45) is -14.6. The Kier molecular flexibility index (Phi) is 6.75. The number of hydrogen-bond donors (Lipinski definition) is 2. The van der Waals surface area contributed by atoms with Crippen molar-refractivity contribution >= 4 is 5.96 Å². The fourth-order valence-corrected chi connectivity index (χ4v) is 3.09. The Hall–Kier alpha value is -3.74. The topological polar surface area (TPSA) is 79.6 Å². The van der Waals surface area contributed by atoms with Crippen LogP contribution in [0.15, 0.2) is 35.6 Å². The first-order valence-electron chi connectivity index (χ1n) is 9.41. The SMILES string of the molecule is CN1NN=C(N(Cc2cc(C(F)(F)F)cc(C(F)(F)F)c2)Cc2cc(C(F)(F)F)cnc2C#N)N1. The van der Waals surface area contributed by atoms with E-state index in [9.17, 15) is 44.8 Å². The third-order valence-electron chi connectivity index (χ3n) is 4.66. The number of alkyl halides is 9. The van der Waals surface area contributed by atoms with E-state index in [0.717, 1.165) is 4.90 Å². The summed E-state index contributed by atoms with van der Waals surface area (Å²) in [6, 6.07) is 3.17. The Balaban J connectivity index is 2.06. The Morgan fingerprint density at radius 2 is 1.46 bits per heavy atom. The number of nitrogens with one attached hydrogen (secondary N) is 2. The van der Waals surface area contributed by atoms with E-state index < -0.39 is 59.6 Å². The minimum absolute atomic E-state index is 0.0426. The van der Waals surface area contributed by atoms with Gasteiger partial charge in [0, 0.05) is 31.9 Å². The lowest BCUT2D eigenvalue weighted by Gasteiger charge is -2.26. The molecule has 0 spiro atoms. The molecule has 0 bridgehead atoms. The number of nitrogens with zero attached hydrogens (tertiary/aromatic N) is 5. The molecule has 1 aromatic carbocycles. The summed E-state index contributed by atoms with van der Waals surface area (Å²) in [5, 5.41) is 14.2. The maximum absolute atomic E-state index is 13.2. The second-order valence-corrected chi connectivity index (χ2v) is 7.32. The van der Waals surface area contributed by atoms with E-state index in [1.165, 1.54) is 12.2 Å². The van der Waals surface area contributed by atoms with Crippen LogP contribution in [0.1, 0.15) is 33.5 Å². The number of hydrazine groups is 2. The maximum Gasteiger partial charge on any atom is 0.417 e. The van der Waals surface area contributed by atoms with Crippen molar-refractivity contribution < 1.29 is 39.5 Å². The van der Waals surface area contributed by atoms with Crippen LogP contribution in [0, 0.1) is 11.3 Å². The van der Waals surface area contributed by atoms with Crippen molar-refractivity contribution in [3.63, 3.8) is 0 Å². The second kappa shape index (κ2) is 9.13. The molecule has 2 heterocycles. The van der Waals surface area contributed by atoms with Crippen LogP contribution in [0.3, 0.4) is 0 Å². The van der Waals surface area contributed by atoms with Crippen molar-refractivity contribution in [3.05, 3.63) is 64.0 Å². The second-order valence-electron chi connectivity index (χ2n) is 7.32. The van der Waals surface area contributed by atoms with Crippen molar-refractivity contribution in [1.82, 2.24) is 26.0 Å². The normalized spacial score (nSPS) is 14.7. The molecule has 1 aliphatic rings. The minimum Gasteiger partial charge on any atom is -0.332 e. The zero-order chi connectivity index (χ0) is 26.2. The van der Waals surface area contributed by atoms with Crippen molar-refractivity contribution in [3.8, 4) is 6.07 Å². The summed E-state index contributed by atoms with van der Waals surface area (Å²) < 4.78 is 119. The van der Waals surface area contributed by atoms with Crippen molar-refractivity contribution in [1.29, 1.82) is 5.26 Å². The monoisotopic (exact) mass is 511 g/mol. The average Bonchev–Trinajstić information content (AvgIpc) is 3.17. The molecule has 7 nitrogen and oxygen atoms in total. The smallest absolute Gasteiger partial charge is 0.332 e. The van der Waals surface area contributed by atoms with Gasteiger partial charge in [0.2, 0.25) is 5.96 Å². The molecule has 0 radical (unpaired) electrons. The van der Waals surface area contributed by atoms with Gasteiger partial charge in [-0.1, -0.05) is 0 Å². The molecule has 2 N–H and O–H groups in total. The Labute approximate surface area is 191 Å². The van der Waals surface area contributed by atoms with Crippen LogP contribution in [0.2, 0.25) is 0 Å². The molecule has 0 fully saturated rings. The largest absolute Gasteiger partial charge is 0.417 e. The molecule has 188 valence electrons. The predicted molar refractivity (Wildman–Crippen MR) is 101 cm³/mol. The average molecular weight is 511 g/mol. The number of aromatic nitrogens is 1. The van der Waals surface area contributed by atoms with Crippen LogP contribution in [0.4, 0.5) is 39.5 Å². The highest BCUT2D eigenvalue weighted by Crippen LogP contribution is 2.37. The number of halogens is 9. The van der Waals surface area contributed by atoms with Crippen LogP contribution in [-0.4, -0.2) is 28.0 Å². The first kappa shape index (κ1) is 25.9. The molecule has 3 rings (SSSR count). The van der Waals surface area contributed by atoms with Crippen LogP contribution in [0.25, 0.3) is 0 Å². The van der Waals surface area contributed by atoms with Gasteiger partial charge in [0.1, 0.15) is 11.8 Å². The van der Waals surface area contributed by atoms with Gasteiger partial charge in [0.15, 0.2) is 0 Å². The van der Waals surface area contributed by atoms with Gasteiger partial charge in [-0.3, -0.25) is 5.43 Å². The van der Waals surface area contributed by atoms with Gasteiger partial charge in [-0.05, 0) is 29.8 Å². The van der Waals surface area contributed by atoms with Crippen LogP contribution in [0.5, 0.6) is 0 Å². The highest BCUT2D eigenvalue weighted by atomic mass is 19.4. The summed E-state index contributed by atoms with van der Waals surface area (Å²) in [5.74, 6) is -0.139. The summed E-state index contributed by atoms with van der Waals surface area (Å²) in [7, 11) is 1.42. The van der Waals surface area contributed by atoms with Crippen LogP contribution < -0.4 is 11.0 Å². The molecule has 1 aliphatic heterocycles. The summed E-state index contributed by atoms with van der Waals surface area (Å²) in [4.78, 5) is 4.53. The van der Waals surface area contributed by atoms with E-state index in [-0.39, 0.29) is 17.6 Å². The number of hydrogen-bond acceptors (Lipinski definition) is 7. The molecular formula is C19H14F9N7. The van der Waals surface area contributed by atoms with Gasteiger partial charge in [-0.15, -0.1) is 10.2 Å². The number of pyridine rings is 1. The quantitative estimate of drug-likeness (QED) is 0.599. The predicted octanol–water partition coefficient (Wildman–Crippen LogP) is 4.24. The zero-order valence-electron chi connectivity index (χ0n) is 17.4. The number of benzene rings is 1. The van der Waals surface area contributed by atoms with E-state index in [2.05, 4.69) is 21.0 Å². The van der Waals surface area contributed by atoms with Crippen LogP contribution >= 0.6 is 0 Å². The fraction of sp³-hybridized carbons (Fsp3) is 0.316. The molecule has 2 aromatic rings. The van der Waals surface area contributed by atoms with E-state index >= 15 is 0 Å². The lowest BCUT2D eigenvalue weighted by atomic mass is 10.0. The van der Waals surface area contributed by atoms with E-state index in [0.29, 0.717) is 24.4 Å². The lowest BCUT2D eigenvalue weighted by Crippen LogP contribution is -2.44. The van der Waals surface area contributed by atoms with E-state index in [1.807, 2.05) is 0 Å². The first-order chi connectivity index (χ1) is 16.1. The van der Waals surface area contributed by atoms with Crippen molar-refractivity contribution in [2.24, 2.45) is 5.10 Å². The number of nitriles is 1. The van der Waals surface area contributed by atoms with Gasteiger partial charge >= 0.3 is 18.5 Å². The molecular weight excluding hydrogens is 497 g/mol. The number of rotatable bonds is 4. The molecule has 35 heavy (non-hydrogen) atoms. The third-order valence-corrected chi connectivity index (χ3v) is 4.66. The Bertz CT molecular complexity index is 1130. The number of hydrazone groups is 1. The Morgan fingerprint density at radius 1 is 0.886 bits per heavy atom. The van der Waals surface area contributed by atoms with Gasteiger partial charge in [-0.25, -0.2) is 10.5 Å². The molecule has 0 aliphatic carbocycles. The first-order valence-corrected chi connectivity index (χ1v) is 9.41. The highest BCUT2D eigenvalue weighted by molar-refractivity contribution is 5.80. The summed E-state index contributed by atoms with van der Waals surface area (Å²) in [5.41, 5.74) is -0.451. The van der Waals surface area contributed by atoms with Gasteiger partial charge < -0.3 is 4.90 Å². The molecule has 0 amide bonds. The molecule has 1 aromatic heterocycles. The van der Waals surface area contributed by atoms with Gasteiger partial charge in [0.05, 0.1) is 16.7 Å². The van der Waals surface area contributed by atoms with E-state index in [1.54, 1.807) is 6.07 Å². The van der Waals surface area contributed by atoms with Gasteiger partial charge in [-0.2, -0.15) is 44.8 Å². The summed E-state index contributed by atoms with van der Waals surface area (Å²) >= 11 is 0. The zero-order valence-corrected chi connectivity index (χ0v) is 17.4. The summed E-state index contributed by atoms with van der Waals surface area (Å²) in [6.45, 7) is -1.20. The molecule has 16 heteroatoms.